The van der Waals surface area contributed by atoms with Crippen molar-refractivity contribution in [1.29, 1.82) is 0 Å². The minimum Gasteiger partial charge on any atom is -0.399 e. The first-order chi connectivity index (χ1) is 29.6. The van der Waals surface area contributed by atoms with E-state index in [4.69, 9.17) is 11.5 Å². The molecule has 0 saturated carbocycles. The molecule has 0 aliphatic rings. The molecule has 4 aromatic carbocycles. The number of rotatable bonds is 35. The average Bonchev–Trinajstić information content (AvgIpc) is 3.27. The Kier molecular flexibility index (Phi) is 25.7. The van der Waals surface area contributed by atoms with Gasteiger partial charge >= 0.3 is 0 Å². The molecule has 0 radical (unpaired) electrons. The third kappa shape index (κ3) is 20.4. The van der Waals surface area contributed by atoms with Gasteiger partial charge in [0.1, 0.15) is 0 Å². The molecule has 0 saturated heterocycles. The Morgan fingerprint density at radius 2 is 0.517 bits per heavy atom. The van der Waals surface area contributed by atoms with Crippen molar-refractivity contribution in [3.8, 4) is 0 Å². The lowest BCUT2D eigenvalue weighted by Crippen LogP contribution is -2.02. The second kappa shape index (κ2) is 31.3. The maximum absolute atomic E-state index is 6.00. The molecule has 2 unspecified atom stereocenters. The number of nitrogen functional groups attached to an aromatic ring is 2. The summed E-state index contributed by atoms with van der Waals surface area (Å²) in [6.45, 7) is 4.58. The Morgan fingerprint density at radius 3 is 0.783 bits per heavy atom. The minimum absolute atomic E-state index is 0.473. The van der Waals surface area contributed by atoms with E-state index in [0.29, 0.717) is 11.8 Å². The van der Waals surface area contributed by atoms with Crippen molar-refractivity contribution in [2.75, 3.05) is 11.5 Å². The summed E-state index contributed by atoms with van der Waals surface area (Å²) in [6, 6.07) is 36.3. The highest BCUT2D eigenvalue weighted by atomic mass is 14.5. The lowest BCUT2D eigenvalue weighted by atomic mass is 9.86. The van der Waals surface area contributed by atoms with Crippen molar-refractivity contribution in [3.63, 3.8) is 0 Å². The lowest BCUT2D eigenvalue weighted by molar-refractivity contribution is 0.524. The van der Waals surface area contributed by atoms with Crippen LogP contribution in [0.5, 0.6) is 0 Å². The molecule has 0 aromatic heterocycles. The molecule has 330 valence electrons. The highest BCUT2D eigenvalue weighted by Gasteiger charge is 2.16. The predicted octanol–water partition coefficient (Wildman–Crippen LogP) is 17.9. The molecule has 0 bridgehead atoms. The molecule has 0 heterocycles. The first-order valence-electron chi connectivity index (χ1n) is 25.5. The van der Waals surface area contributed by atoms with Crippen molar-refractivity contribution in [3.05, 3.63) is 130 Å². The van der Waals surface area contributed by atoms with Gasteiger partial charge in [-0.3, -0.25) is 0 Å². The van der Waals surface area contributed by atoms with Gasteiger partial charge in [-0.2, -0.15) is 0 Å². The number of hydrogen-bond donors (Lipinski definition) is 2. The topological polar surface area (TPSA) is 52.0 Å². The Labute approximate surface area is 370 Å². The molecule has 0 spiro atoms. The largest absolute Gasteiger partial charge is 0.399 e. The van der Waals surface area contributed by atoms with Gasteiger partial charge in [0, 0.05) is 23.2 Å². The van der Waals surface area contributed by atoms with Gasteiger partial charge in [-0.1, -0.05) is 241 Å². The van der Waals surface area contributed by atoms with Crippen LogP contribution >= 0.6 is 0 Å². The predicted molar refractivity (Wildman–Crippen MR) is 266 cm³/mol. The van der Waals surface area contributed by atoms with Crippen molar-refractivity contribution >= 4 is 11.4 Å². The number of benzene rings is 4. The third-order valence-corrected chi connectivity index (χ3v) is 13.3. The van der Waals surface area contributed by atoms with E-state index in [0.717, 1.165) is 11.4 Å². The molecular formula is C58H88N2. The van der Waals surface area contributed by atoms with Crippen molar-refractivity contribution < 1.29 is 0 Å². The molecule has 0 aliphatic carbocycles. The van der Waals surface area contributed by atoms with E-state index in [1.165, 1.54) is 226 Å². The summed E-state index contributed by atoms with van der Waals surface area (Å²) in [7, 11) is 0. The maximum atomic E-state index is 6.00. The normalized spacial score (nSPS) is 12.5. The minimum atomic E-state index is 0.473. The molecule has 4 aromatic rings. The zero-order valence-electron chi connectivity index (χ0n) is 38.8. The van der Waals surface area contributed by atoms with Gasteiger partial charge in [0.15, 0.2) is 0 Å². The SMILES string of the molecule is CCCCCCC(c1ccc(N)cc1)c1ccc(CCCCCCCCCCCCCCCCCCCCc2ccc(C(CCCCCC)c3ccc(N)cc3)cc2)cc1. The van der Waals surface area contributed by atoms with Gasteiger partial charge in [0.05, 0.1) is 0 Å². The van der Waals surface area contributed by atoms with Crippen LogP contribution in [0, 0.1) is 0 Å². The second-order valence-electron chi connectivity index (χ2n) is 18.5. The fourth-order valence-electron chi connectivity index (χ4n) is 9.38. The number of aryl methyl sites for hydroxylation is 2. The lowest BCUT2D eigenvalue weighted by Gasteiger charge is -2.19. The van der Waals surface area contributed by atoms with E-state index in [-0.39, 0.29) is 0 Å². The fraction of sp³-hybridized carbons (Fsp3) is 0.586. The summed E-state index contributed by atoms with van der Waals surface area (Å²) in [5.74, 6) is 0.945. The van der Waals surface area contributed by atoms with Crippen LogP contribution in [0.25, 0.3) is 0 Å². The number of anilines is 2. The van der Waals surface area contributed by atoms with Gasteiger partial charge in [-0.15, -0.1) is 0 Å². The van der Waals surface area contributed by atoms with E-state index in [2.05, 4.69) is 111 Å². The summed E-state index contributed by atoms with van der Waals surface area (Å²) < 4.78 is 0. The van der Waals surface area contributed by atoms with Crippen LogP contribution in [0.15, 0.2) is 97.1 Å². The van der Waals surface area contributed by atoms with Crippen LogP contribution in [-0.2, 0) is 12.8 Å². The number of unbranched alkanes of at least 4 members (excludes halogenated alkanes) is 23. The molecule has 0 amide bonds. The van der Waals surface area contributed by atoms with Crippen molar-refractivity contribution in [2.24, 2.45) is 0 Å². The molecule has 60 heavy (non-hydrogen) atoms. The fourth-order valence-corrected chi connectivity index (χ4v) is 9.38. The molecule has 4 rings (SSSR count). The smallest absolute Gasteiger partial charge is 0.0314 e. The van der Waals surface area contributed by atoms with Gasteiger partial charge in [0.2, 0.25) is 0 Å². The highest BCUT2D eigenvalue weighted by Crippen LogP contribution is 2.33. The van der Waals surface area contributed by atoms with Crippen LogP contribution in [0.4, 0.5) is 11.4 Å². The number of hydrogen-bond acceptors (Lipinski definition) is 2. The Balaban J connectivity index is 0.930. The van der Waals surface area contributed by atoms with E-state index < -0.39 is 0 Å². The third-order valence-electron chi connectivity index (χ3n) is 13.3. The molecule has 4 N–H and O–H groups in total. The van der Waals surface area contributed by atoms with Crippen LogP contribution in [-0.4, -0.2) is 0 Å². The molecule has 2 atom stereocenters. The summed E-state index contributed by atoms with van der Waals surface area (Å²) in [6.07, 6.45) is 40.7. The van der Waals surface area contributed by atoms with E-state index in [1.807, 2.05) is 0 Å². The van der Waals surface area contributed by atoms with E-state index >= 15 is 0 Å². The molecule has 0 fully saturated rings. The Hall–Kier alpha value is -3.52. The number of nitrogens with two attached hydrogens (primary N) is 2. The van der Waals surface area contributed by atoms with E-state index in [1.54, 1.807) is 0 Å². The van der Waals surface area contributed by atoms with E-state index in [9.17, 15) is 0 Å². The zero-order chi connectivity index (χ0) is 42.3. The summed E-state index contributed by atoms with van der Waals surface area (Å²) in [4.78, 5) is 0. The highest BCUT2D eigenvalue weighted by molar-refractivity contribution is 5.44. The quantitative estimate of drug-likeness (QED) is 0.0359. The zero-order valence-corrected chi connectivity index (χ0v) is 38.8. The average molecular weight is 813 g/mol. The van der Waals surface area contributed by atoms with Gasteiger partial charge in [0.25, 0.3) is 0 Å². The second-order valence-corrected chi connectivity index (χ2v) is 18.5. The van der Waals surface area contributed by atoms with Gasteiger partial charge in [-0.05, 0) is 96.2 Å². The molecular weight excluding hydrogens is 725 g/mol. The van der Waals surface area contributed by atoms with Crippen LogP contribution in [0.1, 0.15) is 239 Å². The molecule has 2 nitrogen and oxygen atoms in total. The Morgan fingerprint density at radius 1 is 0.283 bits per heavy atom. The molecule has 2 heteroatoms. The summed E-state index contributed by atoms with van der Waals surface area (Å²) in [5.41, 5.74) is 22.4. The molecule has 0 aliphatic heterocycles. The standard InChI is InChI=1S/C58H88N2/c1-3-5-7-27-31-57(53-41-45-55(59)46-42-53)51-37-33-49(34-38-51)29-25-23-21-19-17-15-13-11-9-10-12-14-16-18-20-22-24-26-30-50-35-39-52(40-36-50)58(32-28-8-6-4-2)54-43-47-56(60)48-44-54/h33-48,57-58H,3-32,59-60H2,1-2H3. The first kappa shape index (κ1) is 49.1. The summed E-state index contributed by atoms with van der Waals surface area (Å²) >= 11 is 0. The van der Waals surface area contributed by atoms with Gasteiger partial charge in [-0.25, -0.2) is 0 Å². The maximum Gasteiger partial charge on any atom is 0.0314 e. The summed E-state index contributed by atoms with van der Waals surface area (Å²) in [5, 5.41) is 0. The van der Waals surface area contributed by atoms with Crippen LogP contribution < -0.4 is 11.5 Å². The van der Waals surface area contributed by atoms with Crippen LogP contribution in [0.3, 0.4) is 0 Å². The van der Waals surface area contributed by atoms with Crippen molar-refractivity contribution in [2.45, 2.75) is 218 Å². The first-order valence-corrected chi connectivity index (χ1v) is 25.5. The monoisotopic (exact) mass is 813 g/mol. The van der Waals surface area contributed by atoms with Gasteiger partial charge < -0.3 is 11.5 Å². The van der Waals surface area contributed by atoms with Crippen LogP contribution in [0.2, 0.25) is 0 Å². The van der Waals surface area contributed by atoms with Crippen molar-refractivity contribution in [1.82, 2.24) is 0 Å². The Bertz CT molecular complexity index is 1460.